The van der Waals surface area contributed by atoms with Gasteiger partial charge in [0.05, 0.1) is 12.6 Å². The quantitative estimate of drug-likeness (QED) is 0.771. The summed E-state index contributed by atoms with van der Waals surface area (Å²) in [5, 5.41) is 4.77. The average Bonchev–Trinajstić information content (AvgIpc) is 2.60. The van der Waals surface area contributed by atoms with Crippen LogP contribution in [0.4, 0.5) is 9.18 Å². The van der Waals surface area contributed by atoms with Crippen molar-refractivity contribution in [2.45, 2.75) is 25.0 Å². The molecule has 0 aromatic heterocycles. The van der Waals surface area contributed by atoms with Gasteiger partial charge in [0.25, 0.3) is 0 Å². The van der Waals surface area contributed by atoms with Crippen molar-refractivity contribution in [3.63, 3.8) is 0 Å². The number of benzene rings is 1. The lowest BCUT2D eigenvalue weighted by molar-refractivity contribution is -0.122. The summed E-state index contributed by atoms with van der Waals surface area (Å²) in [5.74, 6) is -0.645. The van der Waals surface area contributed by atoms with Gasteiger partial charge in [0, 0.05) is 19.2 Å². The van der Waals surface area contributed by atoms with Crippen LogP contribution >= 0.6 is 0 Å². The minimum absolute atomic E-state index is 0.113. The summed E-state index contributed by atoms with van der Waals surface area (Å²) in [6.07, 6.45) is 2.91. The molecule has 3 amide bonds. The molecule has 1 aromatic carbocycles. The summed E-state index contributed by atoms with van der Waals surface area (Å²) in [5.41, 5.74) is 0.924. The van der Waals surface area contributed by atoms with Crippen molar-refractivity contribution in [3.05, 3.63) is 48.3 Å². The highest BCUT2D eigenvalue weighted by Crippen LogP contribution is 2.30. The molecule has 6 nitrogen and oxygen atoms in total. The van der Waals surface area contributed by atoms with Crippen molar-refractivity contribution in [2.24, 2.45) is 0 Å². The van der Waals surface area contributed by atoms with Gasteiger partial charge in [0.2, 0.25) is 5.91 Å². The molecule has 1 aliphatic rings. The number of likely N-dealkylation sites (N-methyl/N-ethyl adjacent to an activating group) is 1. The maximum atomic E-state index is 13.1. The second kappa shape index (κ2) is 9.29. The van der Waals surface area contributed by atoms with Gasteiger partial charge in [-0.15, -0.1) is 6.58 Å². The van der Waals surface area contributed by atoms with Crippen LogP contribution in [0.25, 0.3) is 0 Å². The summed E-state index contributed by atoms with van der Waals surface area (Å²) in [6, 6.07) is 5.89. The van der Waals surface area contributed by atoms with E-state index >= 15 is 0 Å². The van der Waals surface area contributed by atoms with Crippen molar-refractivity contribution < 1.29 is 18.7 Å². The summed E-state index contributed by atoms with van der Waals surface area (Å²) in [6.45, 7) is 4.47. The highest BCUT2D eigenvalue weighted by atomic mass is 19.1. The largest absolute Gasteiger partial charge is 0.373 e. The molecular weight excluding hydrogens is 325 g/mol. The smallest absolute Gasteiger partial charge is 0.321 e. The average molecular weight is 349 g/mol. The van der Waals surface area contributed by atoms with Crippen LogP contribution in [0.5, 0.6) is 0 Å². The first kappa shape index (κ1) is 19.1. The number of carbonyl (C=O) groups excluding carboxylic acids is 2. The van der Waals surface area contributed by atoms with Crippen LogP contribution in [0.2, 0.25) is 0 Å². The summed E-state index contributed by atoms with van der Waals surface area (Å²) < 4.78 is 18.8. The van der Waals surface area contributed by atoms with Crippen molar-refractivity contribution in [2.75, 3.05) is 26.7 Å². The topological polar surface area (TPSA) is 70.7 Å². The molecule has 2 rings (SSSR count). The van der Waals surface area contributed by atoms with E-state index in [1.807, 2.05) is 11.9 Å². The second-order valence-electron chi connectivity index (χ2n) is 6.05. The zero-order valence-corrected chi connectivity index (χ0v) is 14.3. The number of halogens is 1. The molecule has 1 heterocycles. The molecule has 1 saturated heterocycles. The molecular formula is C18H24FN3O3. The van der Waals surface area contributed by atoms with Gasteiger partial charge in [-0.1, -0.05) is 18.2 Å². The maximum absolute atomic E-state index is 13.1. The third-order valence-corrected chi connectivity index (χ3v) is 4.17. The van der Waals surface area contributed by atoms with E-state index in [0.717, 1.165) is 12.0 Å². The first-order valence-corrected chi connectivity index (χ1v) is 8.25. The van der Waals surface area contributed by atoms with Crippen LogP contribution in [0.15, 0.2) is 36.9 Å². The van der Waals surface area contributed by atoms with E-state index in [9.17, 15) is 14.0 Å². The second-order valence-corrected chi connectivity index (χ2v) is 6.05. The minimum atomic E-state index is -0.533. The number of urea groups is 1. The third-order valence-electron chi connectivity index (χ3n) is 4.17. The van der Waals surface area contributed by atoms with E-state index in [2.05, 4.69) is 17.2 Å². The standard InChI is InChI=1S/C18H24FN3O3/c1-3-9-20-18(24)21-17(23)12-22(2)15-8-10-25-16(11-15)13-4-6-14(19)7-5-13/h3-7,15-16H,1,8-12H2,2H3,(H2,20,21,23,24)/t15-,16+/m1/s1. The minimum Gasteiger partial charge on any atom is -0.373 e. The van der Waals surface area contributed by atoms with Gasteiger partial charge in [0.1, 0.15) is 5.82 Å². The molecule has 2 N–H and O–H groups in total. The molecule has 0 bridgehead atoms. The van der Waals surface area contributed by atoms with Gasteiger partial charge in [-0.05, 0) is 37.6 Å². The molecule has 0 aliphatic carbocycles. The Morgan fingerprint density at radius 1 is 1.40 bits per heavy atom. The number of nitrogens with one attached hydrogen (secondary N) is 2. The van der Waals surface area contributed by atoms with Crippen LogP contribution in [-0.2, 0) is 9.53 Å². The molecule has 0 saturated carbocycles. The lowest BCUT2D eigenvalue weighted by Gasteiger charge is -2.35. The number of hydrogen-bond donors (Lipinski definition) is 2. The highest BCUT2D eigenvalue weighted by Gasteiger charge is 2.27. The highest BCUT2D eigenvalue weighted by molar-refractivity contribution is 5.95. The predicted octanol–water partition coefficient (Wildman–Crippen LogP) is 1.99. The number of amides is 3. The lowest BCUT2D eigenvalue weighted by atomic mass is 9.96. The molecule has 2 atom stereocenters. The lowest BCUT2D eigenvalue weighted by Crippen LogP contribution is -2.47. The van der Waals surface area contributed by atoms with Crippen molar-refractivity contribution in [3.8, 4) is 0 Å². The fraction of sp³-hybridized carbons (Fsp3) is 0.444. The van der Waals surface area contributed by atoms with E-state index in [1.54, 1.807) is 12.1 Å². The Morgan fingerprint density at radius 3 is 2.80 bits per heavy atom. The Kier molecular flexibility index (Phi) is 7.09. The molecule has 1 aliphatic heterocycles. The SMILES string of the molecule is C=CCNC(=O)NC(=O)CN(C)[C@@H]1CCO[C@H](c2ccc(F)cc2)C1. The Labute approximate surface area is 147 Å². The fourth-order valence-corrected chi connectivity index (χ4v) is 2.82. The van der Waals surface area contributed by atoms with E-state index < -0.39 is 6.03 Å². The molecule has 136 valence electrons. The van der Waals surface area contributed by atoms with Crippen LogP contribution in [0, 0.1) is 5.82 Å². The van der Waals surface area contributed by atoms with Crippen molar-refractivity contribution >= 4 is 11.9 Å². The molecule has 7 heteroatoms. The van der Waals surface area contributed by atoms with Crippen LogP contribution in [-0.4, -0.2) is 49.6 Å². The Hall–Kier alpha value is -2.25. The molecule has 0 spiro atoms. The third kappa shape index (κ3) is 5.95. The Balaban J connectivity index is 1.85. The summed E-state index contributed by atoms with van der Waals surface area (Å²) in [7, 11) is 1.85. The number of ether oxygens (including phenoxy) is 1. The van der Waals surface area contributed by atoms with Gasteiger partial charge >= 0.3 is 6.03 Å². The van der Waals surface area contributed by atoms with Gasteiger partial charge in [-0.3, -0.25) is 15.0 Å². The molecule has 1 aromatic rings. The van der Waals surface area contributed by atoms with E-state index in [4.69, 9.17) is 4.74 Å². The zero-order chi connectivity index (χ0) is 18.2. The molecule has 0 unspecified atom stereocenters. The van der Waals surface area contributed by atoms with Crippen molar-refractivity contribution in [1.29, 1.82) is 0 Å². The van der Waals surface area contributed by atoms with Crippen LogP contribution in [0.1, 0.15) is 24.5 Å². The number of imide groups is 1. The number of rotatable bonds is 6. The van der Waals surface area contributed by atoms with Gasteiger partial charge < -0.3 is 10.1 Å². The fourth-order valence-electron chi connectivity index (χ4n) is 2.82. The first-order valence-electron chi connectivity index (χ1n) is 8.25. The normalized spacial score (nSPS) is 20.1. The van der Waals surface area contributed by atoms with Crippen LogP contribution < -0.4 is 10.6 Å². The monoisotopic (exact) mass is 349 g/mol. The Bertz CT molecular complexity index is 606. The molecule has 25 heavy (non-hydrogen) atoms. The summed E-state index contributed by atoms with van der Waals surface area (Å²) in [4.78, 5) is 25.3. The number of carbonyl (C=O) groups is 2. The Morgan fingerprint density at radius 2 is 2.12 bits per heavy atom. The van der Waals surface area contributed by atoms with Gasteiger partial charge in [-0.25, -0.2) is 9.18 Å². The number of nitrogens with zero attached hydrogens (tertiary/aromatic N) is 1. The summed E-state index contributed by atoms with van der Waals surface area (Å²) >= 11 is 0. The predicted molar refractivity (Wildman–Crippen MR) is 92.5 cm³/mol. The zero-order valence-electron chi connectivity index (χ0n) is 14.3. The van der Waals surface area contributed by atoms with Crippen LogP contribution in [0.3, 0.4) is 0 Å². The van der Waals surface area contributed by atoms with E-state index in [0.29, 0.717) is 19.6 Å². The maximum Gasteiger partial charge on any atom is 0.321 e. The van der Waals surface area contributed by atoms with E-state index in [-0.39, 0.29) is 30.4 Å². The number of hydrogen-bond acceptors (Lipinski definition) is 4. The van der Waals surface area contributed by atoms with E-state index in [1.165, 1.54) is 18.2 Å². The molecule has 0 radical (unpaired) electrons. The van der Waals surface area contributed by atoms with Gasteiger partial charge in [-0.2, -0.15) is 0 Å². The van der Waals surface area contributed by atoms with Crippen molar-refractivity contribution in [1.82, 2.24) is 15.5 Å². The van der Waals surface area contributed by atoms with Gasteiger partial charge in [0.15, 0.2) is 0 Å². The molecule has 1 fully saturated rings. The first-order chi connectivity index (χ1) is 12.0.